The molecule has 0 atom stereocenters. The van der Waals surface area contributed by atoms with Gasteiger partial charge in [-0.3, -0.25) is 4.79 Å². The van der Waals surface area contributed by atoms with Gasteiger partial charge in [0, 0.05) is 11.6 Å². The van der Waals surface area contributed by atoms with E-state index in [9.17, 15) is 13.6 Å². The molecule has 0 aliphatic rings. The molecule has 0 saturated carbocycles. The lowest BCUT2D eigenvalue weighted by Crippen LogP contribution is -2.24. The lowest BCUT2D eigenvalue weighted by molar-refractivity contribution is 0.0776. The number of Topliss-reactive ketones (excluding diaryl/α,β-unsaturated/α-hetero) is 1. The van der Waals surface area contributed by atoms with Crippen molar-refractivity contribution in [2.24, 2.45) is 5.41 Å². The summed E-state index contributed by atoms with van der Waals surface area (Å²) in [5.41, 5.74) is -1.78. The number of rotatable bonds is 2. The molecule has 0 radical (unpaired) electrons. The number of hydrogen-bond acceptors (Lipinski definition) is 3. The van der Waals surface area contributed by atoms with Crippen LogP contribution in [-0.4, -0.2) is 15.8 Å². The predicted octanol–water partition coefficient (Wildman–Crippen LogP) is 2.99. The van der Waals surface area contributed by atoms with Gasteiger partial charge in [0.15, 0.2) is 5.78 Å². The smallest absolute Gasteiger partial charge is 0.293 e. The molecular formula is C10H11ClF2N2O. The van der Waals surface area contributed by atoms with E-state index < -0.39 is 22.3 Å². The molecule has 16 heavy (non-hydrogen) atoms. The summed E-state index contributed by atoms with van der Waals surface area (Å²) in [6.07, 6.45) is 2.00. The molecule has 0 aliphatic carbocycles. The molecule has 0 aliphatic heterocycles. The van der Waals surface area contributed by atoms with Gasteiger partial charge >= 0.3 is 5.38 Å². The lowest BCUT2D eigenvalue weighted by Gasteiger charge is -2.19. The standard InChI is InChI=1S/C10H11ClF2N2O/c1-9(2,3)8(16)6-4-14-5-15-7(6)10(11,12)13/h4-5H,1-3H3. The first-order chi connectivity index (χ1) is 7.14. The molecule has 3 nitrogen and oxygen atoms in total. The average molecular weight is 249 g/mol. The molecule has 0 amide bonds. The second-order valence-corrected chi connectivity index (χ2v) is 4.84. The SMILES string of the molecule is CC(C)(C)C(=O)c1cncnc1C(F)(F)Cl. The Hall–Kier alpha value is -1.10. The molecule has 1 aromatic rings. The van der Waals surface area contributed by atoms with Gasteiger partial charge in [0.2, 0.25) is 0 Å². The Labute approximate surface area is 96.9 Å². The maximum atomic E-state index is 13.0. The van der Waals surface area contributed by atoms with Crippen LogP contribution >= 0.6 is 11.6 Å². The highest BCUT2D eigenvalue weighted by Crippen LogP contribution is 2.34. The maximum absolute atomic E-state index is 13.0. The Morgan fingerprint density at radius 3 is 2.38 bits per heavy atom. The zero-order valence-electron chi connectivity index (χ0n) is 9.09. The number of alkyl halides is 3. The van der Waals surface area contributed by atoms with Gasteiger partial charge < -0.3 is 0 Å². The minimum atomic E-state index is -3.67. The quantitative estimate of drug-likeness (QED) is 0.597. The third-order valence-electron chi connectivity index (χ3n) is 1.91. The zero-order valence-corrected chi connectivity index (χ0v) is 9.85. The van der Waals surface area contributed by atoms with Gasteiger partial charge in [-0.05, 0) is 11.6 Å². The van der Waals surface area contributed by atoms with Crippen LogP contribution in [0.5, 0.6) is 0 Å². The van der Waals surface area contributed by atoms with Crippen LogP contribution in [0.25, 0.3) is 0 Å². The molecule has 0 saturated heterocycles. The molecule has 88 valence electrons. The summed E-state index contributed by atoms with van der Waals surface area (Å²) < 4.78 is 26.0. The lowest BCUT2D eigenvalue weighted by atomic mass is 9.86. The fourth-order valence-corrected chi connectivity index (χ4v) is 1.28. The number of aromatic nitrogens is 2. The minimum Gasteiger partial charge on any atom is -0.293 e. The third kappa shape index (κ3) is 2.72. The van der Waals surface area contributed by atoms with E-state index in [1.165, 1.54) is 0 Å². The normalized spacial score (nSPS) is 12.6. The average Bonchev–Trinajstić information content (AvgIpc) is 2.14. The number of carbonyl (C=O) groups is 1. The third-order valence-corrected chi connectivity index (χ3v) is 2.09. The summed E-state index contributed by atoms with van der Waals surface area (Å²) in [6, 6.07) is 0. The van der Waals surface area contributed by atoms with Crippen LogP contribution < -0.4 is 0 Å². The minimum absolute atomic E-state index is 0.241. The molecule has 6 heteroatoms. The highest BCUT2D eigenvalue weighted by Gasteiger charge is 2.37. The summed E-state index contributed by atoms with van der Waals surface area (Å²) in [6.45, 7) is 4.87. The van der Waals surface area contributed by atoms with Gasteiger partial charge in [0.1, 0.15) is 12.0 Å². The summed E-state index contributed by atoms with van der Waals surface area (Å²) >= 11 is 4.88. The van der Waals surface area contributed by atoms with Gasteiger partial charge in [-0.15, -0.1) is 0 Å². The Morgan fingerprint density at radius 2 is 1.94 bits per heavy atom. The van der Waals surface area contributed by atoms with Crippen molar-refractivity contribution in [1.29, 1.82) is 0 Å². The van der Waals surface area contributed by atoms with Gasteiger partial charge in [-0.25, -0.2) is 9.97 Å². The van der Waals surface area contributed by atoms with Crippen molar-refractivity contribution in [3.05, 3.63) is 23.8 Å². The molecule has 0 spiro atoms. The van der Waals surface area contributed by atoms with E-state index in [2.05, 4.69) is 9.97 Å². The van der Waals surface area contributed by atoms with Crippen molar-refractivity contribution in [1.82, 2.24) is 9.97 Å². The number of carbonyl (C=O) groups excluding carboxylic acids is 1. The fourth-order valence-electron chi connectivity index (χ4n) is 1.13. The van der Waals surface area contributed by atoms with Gasteiger partial charge in [0.05, 0.1) is 5.56 Å². The van der Waals surface area contributed by atoms with Crippen molar-refractivity contribution >= 4 is 17.4 Å². The molecule has 1 aromatic heterocycles. The largest absolute Gasteiger partial charge is 0.365 e. The molecule has 0 bridgehead atoms. The summed E-state index contributed by atoms with van der Waals surface area (Å²) in [5, 5.41) is -3.67. The molecule has 0 unspecified atom stereocenters. The van der Waals surface area contributed by atoms with Crippen molar-refractivity contribution in [2.45, 2.75) is 26.2 Å². The first-order valence-corrected chi connectivity index (χ1v) is 4.94. The fraction of sp³-hybridized carbons (Fsp3) is 0.500. The molecule has 1 heterocycles. The van der Waals surface area contributed by atoms with E-state index >= 15 is 0 Å². The topological polar surface area (TPSA) is 42.9 Å². The first-order valence-electron chi connectivity index (χ1n) is 4.56. The molecule has 0 fully saturated rings. The summed E-state index contributed by atoms with van der Waals surface area (Å²) in [5.74, 6) is -0.469. The van der Waals surface area contributed by atoms with E-state index in [0.29, 0.717) is 0 Å². The van der Waals surface area contributed by atoms with Crippen LogP contribution in [0.2, 0.25) is 0 Å². The van der Waals surface area contributed by atoms with Crippen LogP contribution in [0.3, 0.4) is 0 Å². The number of ketones is 1. The summed E-state index contributed by atoms with van der Waals surface area (Å²) in [7, 11) is 0. The van der Waals surface area contributed by atoms with E-state index in [-0.39, 0.29) is 5.56 Å². The second-order valence-electron chi connectivity index (χ2n) is 4.36. The highest BCUT2D eigenvalue weighted by molar-refractivity contribution is 6.22. The van der Waals surface area contributed by atoms with Gasteiger partial charge in [-0.2, -0.15) is 8.78 Å². The van der Waals surface area contributed by atoms with Crippen molar-refractivity contribution < 1.29 is 13.6 Å². The van der Waals surface area contributed by atoms with E-state index in [1.807, 2.05) is 0 Å². The maximum Gasteiger partial charge on any atom is 0.365 e. The van der Waals surface area contributed by atoms with Crippen LogP contribution in [0.15, 0.2) is 12.5 Å². The Bertz CT molecular complexity index is 410. The number of hydrogen-bond donors (Lipinski definition) is 0. The highest BCUT2D eigenvalue weighted by atomic mass is 35.5. The molecule has 1 rings (SSSR count). The zero-order chi connectivity index (χ0) is 12.6. The number of halogens is 3. The van der Waals surface area contributed by atoms with Crippen molar-refractivity contribution in [3.8, 4) is 0 Å². The molecule has 0 aromatic carbocycles. The van der Waals surface area contributed by atoms with Gasteiger partial charge in [-0.1, -0.05) is 20.8 Å². The van der Waals surface area contributed by atoms with Gasteiger partial charge in [0.25, 0.3) is 0 Å². The summed E-state index contributed by atoms with van der Waals surface area (Å²) in [4.78, 5) is 18.8. The predicted molar refractivity (Wildman–Crippen MR) is 55.6 cm³/mol. The van der Waals surface area contributed by atoms with Crippen LogP contribution in [-0.2, 0) is 5.38 Å². The molecule has 0 N–H and O–H groups in total. The second kappa shape index (κ2) is 4.05. The van der Waals surface area contributed by atoms with E-state index in [1.54, 1.807) is 20.8 Å². The van der Waals surface area contributed by atoms with Crippen LogP contribution in [0, 0.1) is 5.41 Å². The van der Waals surface area contributed by atoms with Crippen LogP contribution in [0.4, 0.5) is 8.78 Å². The van der Waals surface area contributed by atoms with Crippen molar-refractivity contribution in [3.63, 3.8) is 0 Å². The first kappa shape index (κ1) is 13.0. The Morgan fingerprint density at radius 1 is 1.38 bits per heavy atom. The van der Waals surface area contributed by atoms with Crippen molar-refractivity contribution in [2.75, 3.05) is 0 Å². The Balaban J connectivity index is 3.31. The van der Waals surface area contributed by atoms with E-state index in [0.717, 1.165) is 12.5 Å². The number of nitrogens with zero attached hydrogens (tertiary/aromatic N) is 2. The van der Waals surface area contributed by atoms with Crippen LogP contribution in [0.1, 0.15) is 36.8 Å². The molecular weight excluding hydrogens is 238 g/mol. The Kier molecular flexibility index (Phi) is 3.28. The monoisotopic (exact) mass is 248 g/mol. The van der Waals surface area contributed by atoms with E-state index in [4.69, 9.17) is 11.6 Å².